The summed E-state index contributed by atoms with van der Waals surface area (Å²) in [6.45, 7) is 3.71. The topological polar surface area (TPSA) is 77.6 Å². The van der Waals surface area contributed by atoms with Gasteiger partial charge in [-0.2, -0.15) is 0 Å². The molecule has 1 saturated carbocycles. The molecular formula is C19H19FN4O3. The lowest BCUT2D eigenvalue weighted by Gasteiger charge is -2.15. The van der Waals surface area contributed by atoms with Gasteiger partial charge in [0.05, 0.1) is 17.7 Å². The molecule has 3 aromatic rings. The number of nitrogens with zero attached hydrogens (tertiary/aromatic N) is 3. The molecule has 1 fully saturated rings. The van der Waals surface area contributed by atoms with E-state index >= 15 is 0 Å². The molecule has 3 heterocycles. The molecule has 27 heavy (non-hydrogen) atoms. The van der Waals surface area contributed by atoms with Gasteiger partial charge in [-0.1, -0.05) is 0 Å². The van der Waals surface area contributed by atoms with E-state index in [0.717, 1.165) is 0 Å². The fraction of sp³-hybridized carbons (Fsp3) is 0.316. The lowest BCUT2D eigenvalue weighted by atomic mass is 10.2. The number of alkyl halides is 1. The Kier molecular flexibility index (Phi) is 4.18. The van der Waals surface area contributed by atoms with Crippen molar-refractivity contribution in [2.24, 2.45) is 0 Å². The average molecular weight is 370 g/mol. The van der Waals surface area contributed by atoms with Crippen molar-refractivity contribution in [3.63, 3.8) is 0 Å². The van der Waals surface area contributed by atoms with Crippen LogP contribution in [0, 0.1) is 0 Å². The zero-order chi connectivity index (χ0) is 19.1. The van der Waals surface area contributed by atoms with Gasteiger partial charge in [0.25, 0.3) is 11.5 Å². The van der Waals surface area contributed by atoms with Crippen LogP contribution in [0.1, 0.15) is 36.7 Å². The normalized spacial score (nSPS) is 18.7. The number of carbonyl (C=O) groups excluding carboxylic acids is 1. The first-order valence-electron chi connectivity index (χ1n) is 8.74. The number of carbonyl (C=O) groups is 1. The fourth-order valence-electron chi connectivity index (χ4n) is 2.96. The maximum atomic E-state index is 13.3. The third-order valence-electron chi connectivity index (χ3n) is 4.36. The minimum Gasteiger partial charge on any atom is -0.490 e. The number of rotatable bonds is 5. The summed E-state index contributed by atoms with van der Waals surface area (Å²) in [4.78, 5) is 29.6. The van der Waals surface area contributed by atoms with Crippen molar-refractivity contribution in [1.82, 2.24) is 14.0 Å². The first-order valence-corrected chi connectivity index (χ1v) is 8.74. The molecule has 3 aromatic heterocycles. The standard InChI is InChI=1S/C19H19FN4O3/c1-11(2)27-16-9-17-21-5-7-23(17)10-12(16)18(25)22-14-4-3-6-24(19(14)26)15-8-13(15)20/h3-7,9-11,13,15H,8H2,1-2H3,(H,22,25)/t13-,15+/m1/s1. The second-order valence-electron chi connectivity index (χ2n) is 6.82. The number of hydrogen-bond donors (Lipinski definition) is 1. The maximum absolute atomic E-state index is 13.3. The first-order chi connectivity index (χ1) is 12.9. The van der Waals surface area contributed by atoms with Crippen LogP contribution < -0.4 is 15.6 Å². The summed E-state index contributed by atoms with van der Waals surface area (Å²) in [6.07, 6.45) is 5.65. The van der Waals surface area contributed by atoms with Crippen LogP contribution >= 0.6 is 0 Å². The molecule has 0 aliphatic heterocycles. The molecule has 140 valence electrons. The number of pyridine rings is 2. The molecule has 0 radical (unpaired) electrons. The van der Waals surface area contributed by atoms with Crippen LogP contribution in [-0.2, 0) is 0 Å². The third-order valence-corrected chi connectivity index (χ3v) is 4.36. The molecular weight excluding hydrogens is 351 g/mol. The van der Waals surface area contributed by atoms with Gasteiger partial charge < -0.3 is 19.0 Å². The highest BCUT2D eigenvalue weighted by atomic mass is 19.1. The van der Waals surface area contributed by atoms with Crippen molar-refractivity contribution in [2.75, 3.05) is 5.32 Å². The van der Waals surface area contributed by atoms with E-state index < -0.39 is 23.7 Å². The van der Waals surface area contributed by atoms with Crippen molar-refractivity contribution in [1.29, 1.82) is 0 Å². The lowest BCUT2D eigenvalue weighted by Crippen LogP contribution is -2.26. The van der Waals surface area contributed by atoms with Gasteiger partial charge in [0, 0.05) is 37.3 Å². The van der Waals surface area contributed by atoms with Crippen LogP contribution in [0.3, 0.4) is 0 Å². The van der Waals surface area contributed by atoms with Gasteiger partial charge in [-0.3, -0.25) is 9.59 Å². The molecule has 4 rings (SSSR count). The highest BCUT2D eigenvalue weighted by Gasteiger charge is 2.39. The average Bonchev–Trinajstić information content (AvgIpc) is 3.15. The smallest absolute Gasteiger partial charge is 0.274 e. The molecule has 0 unspecified atom stereocenters. The summed E-state index contributed by atoms with van der Waals surface area (Å²) in [5.41, 5.74) is 0.597. The molecule has 7 nitrogen and oxygen atoms in total. The molecule has 0 bridgehead atoms. The van der Waals surface area contributed by atoms with Gasteiger partial charge in [-0.15, -0.1) is 0 Å². The minimum atomic E-state index is -1.01. The number of amides is 1. The van der Waals surface area contributed by atoms with Crippen LogP contribution in [0.5, 0.6) is 5.75 Å². The Hall–Kier alpha value is -3.16. The third kappa shape index (κ3) is 3.30. The summed E-state index contributed by atoms with van der Waals surface area (Å²) in [5.74, 6) is -0.104. The number of halogens is 1. The van der Waals surface area contributed by atoms with Crippen molar-refractivity contribution in [2.45, 2.75) is 38.6 Å². The fourth-order valence-corrected chi connectivity index (χ4v) is 2.96. The van der Waals surface area contributed by atoms with Gasteiger partial charge in [0.2, 0.25) is 0 Å². The number of nitrogens with one attached hydrogen (secondary N) is 1. The number of anilines is 1. The number of imidazole rings is 1. The highest BCUT2D eigenvalue weighted by molar-refractivity contribution is 6.06. The SMILES string of the molecule is CC(C)Oc1cc2nccn2cc1C(=O)Nc1cccn([C@H]2C[C@H]2F)c1=O. The van der Waals surface area contributed by atoms with Crippen LogP contribution in [-0.4, -0.2) is 32.1 Å². The predicted octanol–water partition coefficient (Wildman–Crippen LogP) is 2.82. The molecule has 1 aliphatic carbocycles. The number of hydrogen-bond acceptors (Lipinski definition) is 4. The Labute approximate surface area is 154 Å². The predicted molar refractivity (Wildman–Crippen MR) is 98.2 cm³/mol. The van der Waals surface area contributed by atoms with Gasteiger partial charge in [0.15, 0.2) is 0 Å². The molecule has 2 atom stereocenters. The summed E-state index contributed by atoms with van der Waals surface area (Å²) < 4.78 is 22.1. The second-order valence-corrected chi connectivity index (χ2v) is 6.82. The number of fused-ring (bicyclic) bond motifs is 1. The van der Waals surface area contributed by atoms with E-state index in [4.69, 9.17) is 4.74 Å². The molecule has 1 aliphatic rings. The van der Waals surface area contributed by atoms with Gasteiger partial charge in [0.1, 0.15) is 23.3 Å². The Morgan fingerprint density at radius 1 is 1.41 bits per heavy atom. The molecule has 8 heteroatoms. The van der Waals surface area contributed by atoms with Gasteiger partial charge >= 0.3 is 0 Å². The molecule has 1 N–H and O–H groups in total. The van der Waals surface area contributed by atoms with Crippen LogP contribution in [0.25, 0.3) is 5.65 Å². The minimum absolute atomic E-state index is 0.0998. The number of aromatic nitrogens is 3. The summed E-state index contributed by atoms with van der Waals surface area (Å²) in [5, 5.41) is 2.63. The molecule has 0 saturated heterocycles. The summed E-state index contributed by atoms with van der Waals surface area (Å²) >= 11 is 0. The van der Waals surface area contributed by atoms with Crippen LogP contribution in [0.4, 0.5) is 10.1 Å². The maximum Gasteiger partial charge on any atom is 0.274 e. The Bertz CT molecular complexity index is 1070. The van der Waals surface area contributed by atoms with Crippen LogP contribution in [0.2, 0.25) is 0 Å². The Morgan fingerprint density at radius 2 is 2.19 bits per heavy atom. The van der Waals surface area contributed by atoms with Crippen molar-refractivity contribution in [3.05, 3.63) is 58.9 Å². The van der Waals surface area contributed by atoms with E-state index in [2.05, 4.69) is 10.3 Å². The molecule has 1 amide bonds. The van der Waals surface area contributed by atoms with E-state index in [0.29, 0.717) is 17.8 Å². The zero-order valence-electron chi connectivity index (χ0n) is 14.9. The largest absolute Gasteiger partial charge is 0.490 e. The second kappa shape index (κ2) is 6.53. The Morgan fingerprint density at radius 3 is 2.89 bits per heavy atom. The van der Waals surface area contributed by atoms with E-state index in [-0.39, 0.29) is 17.4 Å². The molecule has 0 spiro atoms. The molecule has 0 aromatic carbocycles. The van der Waals surface area contributed by atoms with E-state index in [1.165, 1.54) is 16.8 Å². The van der Waals surface area contributed by atoms with Crippen molar-refractivity contribution < 1.29 is 13.9 Å². The lowest BCUT2D eigenvalue weighted by molar-refractivity contribution is 0.102. The van der Waals surface area contributed by atoms with Gasteiger partial charge in [-0.25, -0.2) is 9.37 Å². The Balaban J connectivity index is 1.68. The highest BCUT2D eigenvalue weighted by Crippen LogP contribution is 2.37. The summed E-state index contributed by atoms with van der Waals surface area (Å²) in [6, 6.07) is 4.35. The van der Waals surface area contributed by atoms with E-state index in [1.54, 1.807) is 35.1 Å². The van der Waals surface area contributed by atoms with Crippen molar-refractivity contribution >= 4 is 17.2 Å². The van der Waals surface area contributed by atoms with Crippen LogP contribution in [0.15, 0.2) is 47.8 Å². The number of ether oxygens (including phenoxy) is 1. The van der Waals surface area contributed by atoms with E-state index in [9.17, 15) is 14.0 Å². The quantitative estimate of drug-likeness (QED) is 0.749. The first kappa shape index (κ1) is 17.3. The van der Waals surface area contributed by atoms with Gasteiger partial charge in [-0.05, 0) is 26.0 Å². The monoisotopic (exact) mass is 370 g/mol. The van der Waals surface area contributed by atoms with Crippen molar-refractivity contribution in [3.8, 4) is 5.75 Å². The zero-order valence-corrected chi connectivity index (χ0v) is 14.9. The van der Waals surface area contributed by atoms with E-state index in [1.807, 2.05) is 13.8 Å². The summed E-state index contributed by atoms with van der Waals surface area (Å²) in [7, 11) is 0.